The van der Waals surface area contributed by atoms with Crippen LogP contribution in [0, 0.1) is 0 Å². The second kappa shape index (κ2) is 10.6. The van der Waals surface area contributed by atoms with Crippen LogP contribution in [0.25, 0.3) is 0 Å². The fraction of sp³-hybridized carbons (Fsp3) is 0.353. The third kappa shape index (κ3) is 6.34. The molecule has 0 aliphatic rings. The summed E-state index contributed by atoms with van der Waals surface area (Å²) < 4.78 is 7.01. The summed E-state index contributed by atoms with van der Waals surface area (Å²) >= 11 is 3.52. The smallest absolute Gasteiger partial charge is 0.124 e. The Labute approximate surface area is 147 Å². The number of hydrogen-bond acceptors (Lipinski definition) is 3. The molecule has 22 heavy (non-hydrogen) atoms. The van der Waals surface area contributed by atoms with Crippen molar-refractivity contribution >= 4 is 15.9 Å². The summed E-state index contributed by atoms with van der Waals surface area (Å²) in [5.41, 5.74) is 2.25. The molecule has 1 aromatic carbocycles. The van der Waals surface area contributed by atoms with Crippen LogP contribution in [0.3, 0.4) is 0 Å². The molecule has 0 atom stereocenters. The minimum absolute atomic E-state index is 0. The van der Waals surface area contributed by atoms with Crippen molar-refractivity contribution in [3.63, 3.8) is 0 Å². The monoisotopic (exact) mass is 383 g/mol. The van der Waals surface area contributed by atoms with E-state index in [9.17, 15) is 0 Å². The van der Waals surface area contributed by atoms with Gasteiger partial charge in [0.1, 0.15) is 12.4 Å². The zero-order chi connectivity index (χ0) is 14.9. The van der Waals surface area contributed by atoms with Crippen LogP contribution in [0.1, 0.15) is 30.9 Å². The number of pyridine rings is 1. The van der Waals surface area contributed by atoms with Crippen LogP contribution in [0.2, 0.25) is 0 Å². The molecule has 120 valence electrons. The lowest BCUT2D eigenvalue weighted by atomic mass is 10.2. The molecule has 2 rings (SSSR count). The van der Waals surface area contributed by atoms with E-state index in [1.165, 1.54) is 18.4 Å². The summed E-state index contributed by atoms with van der Waals surface area (Å²) in [6.45, 7) is 4.59. The van der Waals surface area contributed by atoms with Gasteiger partial charge < -0.3 is 22.5 Å². The van der Waals surface area contributed by atoms with E-state index in [2.05, 4.69) is 39.2 Å². The predicted molar refractivity (Wildman–Crippen MR) is 89.3 cm³/mol. The first-order valence-electron chi connectivity index (χ1n) is 7.30. The van der Waals surface area contributed by atoms with Crippen LogP contribution in [0.15, 0.2) is 47.2 Å². The van der Waals surface area contributed by atoms with E-state index in [1.807, 2.05) is 30.5 Å². The number of nitrogens with one attached hydrogen (secondary N) is 1. The molecular formula is C17H21BrClN2O-. The zero-order valence-electron chi connectivity index (χ0n) is 12.7. The highest BCUT2D eigenvalue weighted by Gasteiger charge is 2.05. The minimum Gasteiger partial charge on any atom is -1.00 e. The second-order valence-electron chi connectivity index (χ2n) is 4.93. The first-order chi connectivity index (χ1) is 10.3. The van der Waals surface area contributed by atoms with E-state index in [4.69, 9.17) is 4.74 Å². The normalized spacial score (nSPS) is 10.1. The standard InChI is InChI=1S/C17H21BrN2O.ClH/c1-2-3-8-20-12-15-10-16(18)6-7-17(15)21-13-14-5-4-9-19-11-14;/h4-7,9-11,20H,2-3,8,12-13H2,1H3;1H/p-1. The number of benzene rings is 1. The highest BCUT2D eigenvalue weighted by atomic mass is 79.9. The van der Waals surface area contributed by atoms with E-state index >= 15 is 0 Å². The summed E-state index contributed by atoms with van der Waals surface area (Å²) in [5, 5.41) is 3.46. The molecule has 0 amide bonds. The Morgan fingerprint density at radius 3 is 2.86 bits per heavy atom. The Morgan fingerprint density at radius 1 is 1.27 bits per heavy atom. The van der Waals surface area contributed by atoms with Gasteiger partial charge in [-0.1, -0.05) is 35.3 Å². The van der Waals surface area contributed by atoms with Crippen molar-refractivity contribution in [3.8, 4) is 5.75 Å². The van der Waals surface area contributed by atoms with Crippen LogP contribution >= 0.6 is 15.9 Å². The number of nitrogens with zero attached hydrogens (tertiary/aromatic N) is 1. The average molecular weight is 385 g/mol. The van der Waals surface area contributed by atoms with E-state index in [0.717, 1.165) is 28.9 Å². The van der Waals surface area contributed by atoms with Crippen molar-refractivity contribution in [2.45, 2.75) is 32.9 Å². The number of unbranched alkanes of at least 4 members (excludes halogenated alkanes) is 1. The van der Waals surface area contributed by atoms with Gasteiger partial charge in [-0.05, 0) is 37.2 Å². The molecule has 0 aliphatic heterocycles. The summed E-state index contributed by atoms with van der Waals surface area (Å²) in [5.74, 6) is 0.922. The number of aromatic nitrogens is 1. The number of halogens is 2. The fourth-order valence-corrected chi connectivity index (χ4v) is 2.40. The lowest BCUT2D eigenvalue weighted by molar-refractivity contribution is -0.00000466. The number of ether oxygens (including phenoxy) is 1. The molecule has 2 aromatic rings. The molecule has 0 unspecified atom stereocenters. The van der Waals surface area contributed by atoms with Crippen LogP contribution < -0.4 is 22.5 Å². The summed E-state index contributed by atoms with van der Waals surface area (Å²) in [6.07, 6.45) is 6.00. The van der Waals surface area contributed by atoms with Gasteiger partial charge in [0.05, 0.1) is 0 Å². The van der Waals surface area contributed by atoms with Crippen molar-refractivity contribution in [1.29, 1.82) is 0 Å². The molecule has 3 nitrogen and oxygen atoms in total. The molecule has 1 N–H and O–H groups in total. The largest absolute Gasteiger partial charge is 1.00 e. The Hall–Kier alpha value is -1.10. The van der Waals surface area contributed by atoms with Crippen LogP contribution in [-0.2, 0) is 13.2 Å². The summed E-state index contributed by atoms with van der Waals surface area (Å²) in [6, 6.07) is 10.1. The average Bonchev–Trinajstić information content (AvgIpc) is 2.52. The van der Waals surface area contributed by atoms with E-state index in [1.54, 1.807) is 6.20 Å². The first-order valence-corrected chi connectivity index (χ1v) is 8.09. The molecule has 1 aromatic heterocycles. The van der Waals surface area contributed by atoms with Gasteiger partial charge in [-0.15, -0.1) is 0 Å². The van der Waals surface area contributed by atoms with Gasteiger partial charge in [0.25, 0.3) is 0 Å². The quantitative estimate of drug-likeness (QED) is 0.697. The molecule has 1 heterocycles. The third-order valence-corrected chi connectivity index (χ3v) is 3.66. The minimum atomic E-state index is 0. The maximum Gasteiger partial charge on any atom is 0.124 e. The summed E-state index contributed by atoms with van der Waals surface area (Å²) in [4.78, 5) is 4.10. The van der Waals surface area contributed by atoms with Gasteiger partial charge in [-0.2, -0.15) is 0 Å². The highest BCUT2D eigenvalue weighted by molar-refractivity contribution is 9.10. The van der Waals surface area contributed by atoms with Crippen molar-refractivity contribution in [1.82, 2.24) is 10.3 Å². The summed E-state index contributed by atoms with van der Waals surface area (Å²) in [7, 11) is 0. The lowest BCUT2D eigenvalue weighted by Crippen LogP contribution is -3.00. The van der Waals surface area contributed by atoms with Gasteiger partial charge in [0, 0.05) is 34.5 Å². The van der Waals surface area contributed by atoms with E-state index in [0.29, 0.717) is 6.61 Å². The van der Waals surface area contributed by atoms with Crippen molar-refractivity contribution in [2.24, 2.45) is 0 Å². The van der Waals surface area contributed by atoms with Crippen LogP contribution in [-0.4, -0.2) is 11.5 Å². The molecule has 5 heteroatoms. The predicted octanol–water partition coefficient (Wildman–Crippen LogP) is 1.32. The number of rotatable bonds is 8. The molecule has 0 fully saturated rings. The van der Waals surface area contributed by atoms with Crippen LogP contribution in [0.4, 0.5) is 0 Å². The molecule has 0 bridgehead atoms. The maximum absolute atomic E-state index is 5.93. The Balaban J connectivity index is 0.00000242. The molecular weight excluding hydrogens is 364 g/mol. The number of hydrogen-bond donors (Lipinski definition) is 1. The highest BCUT2D eigenvalue weighted by Crippen LogP contribution is 2.24. The SMILES string of the molecule is CCCCNCc1cc(Br)ccc1OCc1cccnc1.[Cl-]. The van der Waals surface area contributed by atoms with E-state index in [-0.39, 0.29) is 12.4 Å². The van der Waals surface area contributed by atoms with Gasteiger partial charge in [-0.25, -0.2) is 0 Å². The topological polar surface area (TPSA) is 34.1 Å². The Bertz CT molecular complexity index is 552. The first kappa shape index (κ1) is 18.9. The van der Waals surface area contributed by atoms with E-state index < -0.39 is 0 Å². The van der Waals surface area contributed by atoms with Gasteiger partial charge in [0.15, 0.2) is 0 Å². The maximum atomic E-state index is 5.93. The van der Waals surface area contributed by atoms with Gasteiger partial charge in [0.2, 0.25) is 0 Å². The third-order valence-electron chi connectivity index (χ3n) is 3.16. The molecule has 0 aliphatic carbocycles. The zero-order valence-corrected chi connectivity index (χ0v) is 15.0. The van der Waals surface area contributed by atoms with Crippen molar-refractivity contribution in [3.05, 3.63) is 58.3 Å². The molecule has 0 spiro atoms. The van der Waals surface area contributed by atoms with Crippen molar-refractivity contribution in [2.75, 3.05) is 6.54 Å². The Morgan fingerprint density at radius 2 is 2.14 bits per heavy atom. The molecule has 0 saturated carbocycles. The fourth-order valence-electron chi connectivity index (χ4n) is 2.00. The van der Waals surface area contributed by atoms with Gasteiger partial charge >= 0.3 is 0 Å². The van der Waals surface area contributed by atoms with Crippen molar-refractivity contribution < 1.29 is 17.1 Å². The second-order valence-corrected chi connectivity index (χ2v) is 5.85. The molecule has 0 radical (unpaired) electrons. The molecule has 0 saturated heterocycles. The van der Waals surface area contributed by atoms with Crippen LogP contribution in [0.5, 0.6) is 5.75 Å². The van der Waals surface area contributed by atoms with Gasteiger partial charge in [-0.3, -0.25) is 4.98 Å². The lowest BCUT2D eigenvalue weighted by Gasteiger charge is -2.13. The Kier molecular flexibility index (Phi) is 9.13.